The molecule has 2 aromatic heterocycles. The third-order valence-electron chi connectivity index (χ3n) is 3.36. The van der Waals surface area contributed by atoms with Crippen LogP contribution in [-0.2, 0) is 11.8 Å². The fourth-order valence-corrected chi connectivity index (χ4v) is 3.18. The van der Waals surface area contributed by atoms with Crippen molar-refractivity contribution in [3.05, 3.63) is 40.2 Å². The zero-order valence-electron chi connectivity index (χ0n) is 13.5. The first-order valence-corrected chi connectivity index (χ1v) is 8.37. The highest BCUT2D eigenvalue weighted by Gasteiger charge is 2.22. The van der Waals surface area contributed by atoms with Crippen LogP contribution in [0.25, 0.3) is 22.2 Å². The topological polar surface area (TPSA) is 49.0 Å². The zero-order chi connectivity index (χ0) is 16.8. The lowest BCUT2D eigenvalue weighted by atomic mass is 10.1. The Morgan fingerprint density at radius 1 is 1.26 bits per heavy atom. The van der Waals surface area contributed by atoms with Gasteiger partial charge in [0.15, 0.2) is 0 Å². The molecule has 120 valence electrons. The van der Waals surface area contributed by atoms with E-state index in [0.717, 1.165) is 25.7 Å². The van der Waals surface area contributed by atoms with Gasteiger partial charge in [-0.1, -0.05) is 18.2 Å². The van der Waals surface area contributed by atoms with E-state index in [2.05, 4.69) is 27.7 Å². The molecule has 0 radical (unpaired) electrons. The minimum absolute atomic E-state index is 0.381. The molecule has 0 spiro atoms. The highest BCUT2D eigenvalue weighted by Crippen LogP contribution is 2.32. The average molecular weight is 423 g/mol. The number of rotatable bonds is 1. The molecule has 3 rings (SSSR count). The van der Waals surface area contributed by atoms with E-state index in [1.165, 1.54) is 0 Å². The maximum atomic E-state index is 12.6. The fourth-order valence-electron chi connectivity index (χ4n) is 2.46. The van der Waals surface area contributed by atoms with Crippen molar-refractivity contribution in [2.75, 3.05) is 0 Å². The van der Waals surface area contributed by atoms with Crippen LogP contribution in [0.3, 0.4) is 0 Å². The molecule has 0 bridgehead atoms. The number of aryl methyl sites for hydroxylation is 1. The van der Waals surface area contributed by atoms with Crippen LogP contribution in [0.4, 0.5) is 4.79 Å². The van der Waals surface area contributed by atoms with Crippen LogP contribution in [0.5, 0.6) is 0 Å². The fraction of sp³-hybridized carbons (Fsp3) is 0.294. The van der Waals surface area contributed by atoms with Crippen LogP contribution in [0.15, 0.2) is 36.7 Å². The minimum Gasteiger partial charge on any atom is -0.443 e. The summed E-state index contributed by atoms with van der Waals surface area (Å²) in [5.74, 6) is 0. The number of aromatic nitrogens is 3. The summed E-state index contributed by atoms with van der Waals surface area (Å²) in [6.07, 6.45) is 3.32. The Balaban J connectivity index is 2.21. The van der Waals surface area contributed by atoms with Crippen molar-refractivity contribution in [1.82, 2.24) is 14.3 Å². The molecule has 6 heteroatoms. The van der Waals surface area contributed by atoms with Crippen molar-refractivity contribution < 1.29 is 9.53 Å². The lowest BCUT2D eigenvalue weighted by Crippen LogP contribution is -2.26. The van der Waals surface area contributed by atoms with Crippen molar-refractivity contribution in [2.45, 2.75) is 26.4 Å². The summed E-state index contributed by atoms with van der Waals surface area (Å²) in [5.41, 5.74) is 2.03. The average Bonchev–Trinajstić information content (AvgIpc) is 3.01. The van der Waals surface area contributed by atoms with Crippen LogP contribution in [0, 0.1) is 3.57 Å². The minimum atomic E-state index is -0.543. The Labute approximate surface area is 148 Å². The van der Waals surface area contributed by atoms with Gasteiger partial charge >= 0.3 is 6.09 Å². The molecule has 0 fully saturated rings. The molecular formula is C17H18IN3O2. The number of carbonyl (C=O) groups excluding carboxylic acids is 1. The van der Waals surface area contributed by atoms with Crippen LogP contribution in [-0.4, -0.2) is 26.0 Å². The highest BCUT2D eigenvalue weighted by molar-refractivity contribution is 14.1. The molecule has 0 aliphatic carbocycles. The van der Waals surface area contributed by atoms with Gasteiger partial charge in [-0.2, -0.15) is 5.10 Å². The Hall–Kier alpha value is -1.83. The first-order valence-electron chi connectivity index (χ1n) is 7.29. The van der Waals surface area contributed by atoms with E-state index >= 15 is 0 Å². The summed E-state index contributed by atoms with van der Waals surface area (Å²) in [5, 5.41) is 5.48. The number of nitrogens with zero attached hydrogens (tertiary/aromatic N) is 3. The van der Waals surface area contributed by atoms with Gasteiger partial charge in [0.1, 0.15) is 5.60 Å². The van der Waals surface area contributed by atoms with Gasteiger partial charge in [0.2, 0.25) is 0 Å². The Kier molecular flexibility index (Phi) is 3.95. The van der Waals surface area contributed by atoms with Crippen molar-refractivity contribution in [3.8, 4) is 11.3 Å². The SMILES string of the molecule is Cn1ccc(-c2cccc3c(I)cn(C(=O)OC(C)(C)C)c23)n1. The molecule has 0 saturated carbocycles. The Morgan fingerprint density at radius 3 is 2.61 bits per heavy atom. The molecule has 0 atom stereocenters. The van der Waals surface area contributed by atoms with Crippen molar-refractivity contribution in [1.29, 1.82) is 0 Å². The molecule has 0 saturated heterocycles. The number of fused-ring (bicyclic) bond motifs is 1. The van der Waals surface area contributed by atoms with E-state index < -0.39 is 5.60 Å². The number of hydrogen-bond acceptors (Lipinski definition) is 3. The van der Waals surface area contributed by atoms with Gasteiger partial charge < -0.3 is 4.74 Å². The molecule has 23 heavy (non-hydrogen) atoms. The summed E-state index contributed by atoms with van der Waals surface area (Å²) in [4.78, 5) is 12.6. The van der Waals surface area contributed by atoms with Crippen LogP contribution >= 0.6 is 22.6 Å². The predicted molar refractivity (Wildman–Crippen MR) is 98.5 cm³/mol. The maximum absolute atomic E-state index is 12.6. The summed E-state index contributed by atoms with van der Waals surface area (Å²) in [6.45, 7) is 5.59. The normalized spacial score (nSPS) is 11.9. The van der Waals surface area contributed by atoms with Gasteiger partial charge in [-0.05, 0) is 49.4 Å². The number of benzene rings is 1. The van der Waals surface area contributed by atoms with E-state index in [4.69, 9.17) is 4.74 Å². The molecule has 3 aromatic rings. The monoisotopic (exact) mass is 423 g/mol. The van der Waals surface area contributed by atoms with Crippen LogP contribution in [0.2, 0.25) is 0 Å². The van der Waals surface area contributed by atoms with Crippen molar-refractivity contribution >= 4 is 39.6 Å². The molecule has 5 nitrogen and oxygen atoms in total. The van der Waals surface area contributed by atoms with Gasteiger partial charge in [0.05, 0.1) is 11.2 Å². The second-order valence-corrected chi connectivity index (χ2v) is 7.57. The van der Waals surface area contributed by atoms with Gasteiger partial charge in [-0.3, -0.25) is 9.25 Å². The number of carbonyl (C=O) groups is 1. The smallest absolute Gasteiger partial charge is 0.419 e. The number of halogens is 1. The van der Waals surface area contributed by atoms with Gasteiger partial charge in [-0.15, -0.1) is 0 Å². The molecular weight excluding hydrogens is 405 g/mol. The summed E-state index contributed by atoms with van der Waals surface area (Å²) >= 11 is 2.24. The molecule has 0 N–H and O–H groups in total. The first kappa shape index (κ1) is 16.0. The van der Waals surface area contributed by atoms with E-state index in [1.54, 1.807) is 9.25 Å². The number of para-hydroxylation sites is 1. The summed E-state index contributed by atoms with van der Waals surface area (Å²) in [7, 11) is 1.88. The van der Waals surface area contributed by atoms with Gasteiger partial charge in [-0.25, -0.2) is 4.79 Å². The number of hydrogen-bond donors (Lipinski definition) is 0. The molecule has 0 amide bonds. The van der Waals surface area contributed by atoms with E-state index in [0.29, 0.717) is 0 Å². The molecule has 0 aliphatic rings. The zero-order valence-corrected chi connectivity index (χ0v) is 15.7. The lowest BCUT2D eigenvalue weighted by Gasteiger charge is -2.20. The summed E-state index contributed by atoms with van der Waals surface area (Å²) < 4.78 is 9.86. The molecule has 0 aliphatic heterocycles. The van der Waals surface area contributed by atoms with E-state index in [1.807, 2.05) is 64.5 Å². The lowest BCUT2D eigenvalue weighted by molar-refractivity contribution is 0.0544. The standard InChI is InChI=1S/C17H18IN3O2/c1-17(2,3)23-16(22)21-10-13(18)11-6-5-7-12(15(11)21)14-8-9-20(4)19-14/h5-10H,1-4H3. The maximum Gasteiger partial charge on any atom is 0.419 e. The van der Waals surface area contributed by atoms with Crippen LogP contribution < -0.4 is 0 Å². The molecule has 0 unspecified atom stereocenters. The highest BCUT2D eigenvalue weighted by atomic mass is 127. The first-order chi connectivity index (χ1) is 10.8. The Morgan fingerprint density at radius 2 is 2.00 bits per heavy atom. The van der Waals surface area contributed by atoms with Crippen molar-refractivity contribution in [2.24, 2.45) is 7.05 Å². The van der Waals surface area contributed by atoms with Gasteiger partial charge in [0, 0.05) is 34.0 Å². The largest absolute Gasteiger partial charge is 0.443 e. The molecule has 1 aromatic carbocycles. The summed E-state index contributed by atoms with van der Waals surface area (Å²) in [6, 6.07) is 7.90. The second-order valence-electron chi connectivity index (χ2n) is 6.40. The predicted octanol–water partition coefficient (Wildman–Crippen LogP) is 4.43. The van der Waals surface area contributed by atoms with Gasteiger partial charge in [0.25, 0.3) is 0 Å². The van der Waals surface area contributed by atoms with Crippen molar-refractivity contribution in [3.63, 3.8) is 0 Å². The third kappa shape index (κ3) is 3.12. The Bertz CT molecular complexity index is 887. The number of ether oxygens (including phenoxy) is 1. The van der Waals surface area contributed by atoms with E-state index in [-0.39, 0.29) is 6.09 Å². The quantitative estimate of drug-likeness (QED) is 0.545. The molecule has 2 heterocycles. The second kappa shape index (κ2) is 5.67. The van der Waals surface area contributed by atoms with E-state index in [9.17, 15) is 4.79 Å². The van der Waals surface area contributed by atoms with Crippen LogP contribution in [0.1, 0.15) is 20.8 Å². The third-order valence-corrected chi connectivity index (χ3v) is 4.22.